The topological polar surface area (TPSA) is 74.9 Å². The zero-order valence-corrected chi connectivity index (χ0v) is 8.66. The quantitative estimate of drug-likeness (QED) is 0.610. The van der Waals surface area contributed by atoms with Gasteiger partial charge in [0.1, 0.15) is 5.82 Å². The molecule has 4 N–H and O–H groups in total. The molecule has 14 heavy (non-hydrogen) atoms. The maximum absolute atomic E-state index is 9.75. The Morgan fingerprint density at radius 2 is 2.29 bits per heavy atom. The van der Waals surface area contributed by atoms with Crippen molar-refractivity contribution in [1.82, 2.24) is 10.2 Å². The third-order valence-electron chi connectivity index (χ3n) is 2.39. The number of nitrogens with one attached hydrogen (secondary N) is 1. The maximum Gasteiger partial charge on any atom is 0.124 e. The van der Waals surface area contributed by atoms with Crippen LogP contribution < -0.4 is 5.73 Å². The molecule has 1 atom stereocenters. The Balaban J connectivity index is 2.28. The molecule has 4 heteroatoms. The Bertz CT molecular complexity index is 260. The summed E-state index contributed by atoms with van der Waals surface area (Å²) in [6, 6.07) is 0. The summed E-state index contributed by atoms with van der Waals surface area (Å²) in [7, 11) is 0. The molecule has 0 aliphatic rings. The van der Waals surface area contributed by atoms with Crippen molar-refractivity contribution in [2.24, 2.45) is 0 Å². The molecule has 0 saturated carbocycles. The molecule has 1 rings (SSSR count). The Morgan fingerprint density at radius 1 is 1.50 bits per heavy atom. The number of aromatic amines is 1. The van der Waals surface area contributed by atoms with Crippen molar-refractivity contribution in [1.29, 1.82) is 0 Å². The van der Waals surface area contributed by atoms with Crippen molar-refractivity contribution < 1.29 is 5.11 Å². The van der Waals surface area contributed by atoms with Gasteiger partial charge < -0.3 is 10.8 Å². The normalized spacial score (nSPS) is 13.0. The molecule has 80 valence electrons. The van der Waals surface area contributed by atoms with E-state index in [-0.39, 0.29) is 0 Å². The van der Waals surface area contributed by atoms with Crippen LogP contribution in [0.2, 0.25) is 0 Å². The molecule has 0 aliphatic carbocycles. The predicted octanol–water partition coefficient (Wildman–Crippen LogP) is 2.00. The summed E-state index contributed by atoms with van der Waals surface area (Å²) >= 11 is 0. The summed E-state index contributed by atoms with van der Waals surface area (Å²) in [4.78, 5) is 0. The van der Waals surface area contributed by atoms with Crippen LogP contribution in [0.1, 0.15) is 50.7 Å². The number of rotatable bonds is 6. The van der Waals surface area contributed by atoms with Gasteiger partial charge in [-0.1, -0.05) is 32.6 Å². The zero-order valence-electron chi connectivity index (χ0n) is 8.66. The smallest absolute Gasteiger partial charge is 0.124 e. The van der Waals surface area contributed by atoms with E-state index in [9.17, 15) is 5.11 Å². The Kier molecular flexibility index (Phi) is 4.46. The van der Waals surface area contributed by atoms with Gasteiger partial charge >= 0.3 is 0 Å². The fourth-order valence-corrected chi connectivity index (χ4v) is 1.49. The SMILES string of the molecule is CCCCCCC(O)c1cn[nH]c1N. The summed E-state index contributed by atoms with van der Waals surface area (Å²) in [5, 5.41) is 16.1. The lowest BCUT2D eigenvalue weighted by atomic mass is 10.0. The monoisotopic (exact) mass is 197 g/mol. The van der Waals surface area contributed by atoms with Gasteiger partial charge in [0, 0.05) is 5.56 Å². The van der Waals surface area contributed by atoms with Gasteiger partial charge in [0.15, 0.2) is 0 Å². The molecular weight excluding hydrogens is 178 g/mol. The number of nitrogens with two attached hydrogens (primary N) is 1. The molecule has 1 aromatic rings. The largest absolute Gasteiger partial charge is 0.388 e. The van der Waals surface area contributed by atoms with E-state index in [0.717, 1.165) is 18.4 Å². The highest BCUT2D eigenvalue weighted by molar-refractivity contribution is 5.38. The van der Waals surface area contributed by atoms with E-state index < -0.39 is 6.10 Å². The number of hydrogen-bond acceptors (Lipinski definition) is 3. The summed E-state index contributed by atoms with van der Waals surface area (Å²) in [6.07, 6.45) is 6.55. The van der Waals surface area contributed by atoms with E-state index >= 15 is 0 Å². The van der Waals surface area contributed by atoms with Crippen LogP contribution in [0, 0.1) is 0 Å². The van der Waals surface area contributed by atoms with Gasteiger partial charge in [-0.05, 0) is 6.42 Å². The van der Waals surface area contributed by atoms with Gasteiger partial charge in [0.2, 0.25) is 0 Å². The van der Waals surface area contributed by atoms with E-state index in [4.69, 9.17) is 5.73 Å². The fourth-order valence-electron chi connectivity index (χ4n) is 1.49. The van der Waals surface area contributed by atoms with Crippen molar-refractivity contribution in [3.05, 3.63) is 11.8 Å². The lowest BCUT2D eigenvalue weighted by Crippen LogP contribution is -2.00. The maximum atomic E-state index is 9.75. The van der Waals surface area contributed by atoms with Gasteiger partial charge in [-0.3, -0.25) is 5.10 Å². The summed E-state index contributed by atoms with van der Waals surface area (Å²) in [6.45, 7) is 2.17. The highest BCUT2D eigenvalue weighted by Crippen LogP contribution is 2.22. The van der Waals surface area contributed by atoms with Crippen LogP contribution in [0.3, 0.4) is 0 Å². The minimum absolute atomic E-state index is 0.467. The predicted molar refractivity (Wildman–Crippen MR) is 56.7 cm³/mol. The number of aliphatic hydroxyl groups excluding tert-OH is 1. The first-order valence-electron chi connectivity index (χ1n) is 5.22. The Hall–Kier alpha value is -1.03. The van der Waals surface area contributed by atoms with E-state index in [0.29, 0.717) is 5.82 Å². The second-order valence-corrected chi connectivity index (χ2v) is 3.60. The molecule has 4 nitrogen and oxygen atoms in total. The van der Waals surface area contributed by atoms with Crippen LogP contribution in [-0.4, -0.2) is 15.3 Å². The second-order valence-electron chi connectivity index (χ2n) is 3.60. The molecular formula is C10H19N3O. The Morgan fingerprint density at radius 3 is 2.86 bits per heavy atom. The molecule has 0 fully saturated rings. The summed E-state index contributed by atoms with van der Waals surface area (Å²) < 4.78 is 0. The average molecular weight is 197 g/mol. The van der Waals surface area contributed by atoms with Gasteiger partial charge in [0.05, 0.1) is 12.3 Å². The summed E-state index contributed by atoms with van der Waals surface area (Å²) in [5.74, 6) is 0.480. The van der Waals surface area contributed by atoms with Crippen LogP contribution in [0.25, 0.3) is 0 Å². The fraction of sp³-hybridized carbons (Fsp3) is 0.700. The molecule has 0 saturated heterocycles. The highest BCUT2D eigenvalue weighted by atomic mass is 16.3. The van der Waals surface area contributed by atoms with Crippen molar-refractivity contribution in [2.45, 2.75) is 45.1 Å². The van der Waals surface area contributed by atoms with Crippen molar-refractivity contribution in [3.63, 3.8) is 0 Å². The lowest BCUT2D eigenvalue weighted by Gasteiger charge is -2.08. The number of aromatic nitrogens is 2. The van der Waals surface area contributed by atoms with Crippen LogP contribution >= 0.6 is 0 Å². The number of nitrogen functional groups attached to an aromatic ring is 1. The Labute approximate surface area is 84.5 Å². The standard InChI is InChI=1S/C10H19N3O/c1-2-3-4-5-6-9(14)8-7-12-13-10(8)11/h7,9,14H,2-6H2,1H3,(H3,11,12,13). The van der Waals surface area contributed by atoms with Crippen LogP contribution in [0.4, 0.5) is 5.82 Å². The van der Waals surface area contributed by atoms with E-state index in [1.165, 1.54) is 19.3 Å². The molecule has 1 unspecified atom stereocenters. The number of nitrogens with zero attached hydrogens (tertiary/aromatic N) is 1. The number of hydrogen-bond donors (Lipinski definition) is 3. The second kappa shape index (κ2) is 5.65. The van der Waals surface area contributed by atoms with E-state index in [1.807, 2.05) is 0 Å². The molecule has 0 aromatic carbocycles. The first-order valence-corrected chi connectivity index (χ1v) is 5.22. The molecule has 0 amide bonds. The van der Waals surface area contributed by atoms with Crippen molar-refractivity contribution >= 4 is 5.82 Å². The molecule has 1 aromatic heterocycles. The minimum Gasteiger partial charge on any atom is -0.388 e. The van der Waals surface area contributed by atoms with E-state index in [1.54, 1.807) is 6.20 Å². The van der Waals surface area contributed by atoms with Crippen LogP contribution in [0.15, 0.2) is 6.20 Å². The van der Waals surface area contributed by atoms with Crippen LogP contribution in [-0.2, 0) is 0 Å². The van der Waals surface area contributed by atoms with Gasteiger partial charge in [0.25, 0.3) is 0 Å². The zero-order chi connectivity index (χ0) is 10.4. The number of aliphatic hydroxyl groups is 1. The molecule has 0 spiro atoms. The third kappa shape index (κ3) is 3.03. The third-order valence-corrected chi connectivity index (χ3v) is 2.39. The highest BCUT2D eigenvalue weighted by Gasteiger charge is 2.11. The molecule has 1 heterocycles. The van der Waals surface area contributed by atoms with E-state index in [2.05, 4.69) is 17.1 Å². The first kappa shape index (κ1) is 11.0. The van der Waals surface area contributed by atoms with Crippen molar-refractivity contribution in [3.8, 4) is 0 Å². The number of H-pyrrole nitrogens is 1. The minimum atomic E-state index is -0.467. The van der Waals surface area contributed by atoms with Crippen molar-refractivity contribution in [2.75, 3.05) is 5.73 Å². The molecule has 0 bridgehead atoms. The van der Waals surface area contributed by atoms with Gasteiger partial charge in [-0.2, -0.15) is 5.10 Å². The number of unbranched alkanes of at least 4 members (excludes halogenated alkanes) is 3. The molecule has 0 aliphatic heterocycles. The van der Waals surface area contributed by atoms with Gasteiger partial charge in [-0.25, -0.2) is 0 Å². The molecule has 0 radical (unpaired) electrons. The average Bonchev–Trinajstić information content (AvgIpc) is 2.59. The van der Waals surface area contributed by atoms with Gasteiger partial charge in [-0.15, -0.1) is 0 Å². The lowest BCUT2D eigenvalue weighted by molar-refractivity contribution is 0.164. The number of anilines is 1. The van der Waals surface area contributed by atoms with Crippen LogP contribution in [0.5, 0.6) is 0 Å². The first-order chi connectivity index (χ1) is 6.75. The summed E-state index contributed by atoms with van der Waals surface area (Å²) in [5.41, 5.74) is 6.32.